The fourth-order valence-electron chi connectivity index (χ4n) is 5.35. The van der Waals surface area contributed by atoms with Crippen molar-refractivity contribution < 1.29 is 22.8 Å². The number of carbonyl (C=O) groups is 2. The lowest BCUT2D eigenvalue weighted by molar-refractivity contribution is -0.139. The molecule has 1 saturated heterocycles. The molecule has 3 aromatic carbocycles. The van der Waals surface area contributed by atoms with Crippen molar-refractivity contribution in [3.63, 3.8) is 0 Å². The van der Waals surface area contributed by atoms with Crippen molar-refractivity contribution in [2.45, 2.75) is 37.6 Å². The normalized spacial score (nSPS) is 18.4. The third kappa shape index (κ3) is 8.12. The van der Waals surface area contributed by atoms with Crippen molar-refractivity contribution in [3.8, 4) is 0 Å². The minimum Gasteiger partial charge on any atom is -0.338 e. The van der Waals surface area contributed by atoms with Gasteiger partial charge in [-0.3, -0.25) is 14.5 Å². The van der Waals surface area contributed by atoms with E-state index in [0.29, 0.717) is 30.6 Å². The summed E-state index contributed by atoms with van der Waals surface area (Å²) in [5, 5.41) is 4.87. The van der Waals surface area contributed by atoms with Gasteiger partial charge in [-0.1, -0.05) is 84.6 Å². The van der Waals surface area contributed by atoms with Crippen molar-refractivity contribution in [1.82, 2.24) is 20.0 Å². The van der Waals surface area contributed by atoms with E-state index in [4.69, 9.17) is 0 Å². The van der Waals surface area contributed by atoms with E-state index < -0.39 is 23.3 Å². The van der Waals surface area contributed by atoms with E-state index in [9.17, 15) is 22.8 Å². The van der Waals surface area contributed by atoms with Gasteiger partial charge in [0.05, 0.1) is 5.56 Å². The minimum absolute atomic E-state index is 0.0108. The smallest absolute Gasteiger partial charge is 0.338 e. The van der Waals surface area contributed by atoms with Gasteiger partial charge in [0, 0.05) is 50.9 Å². The lowest BCUT2D eigenvalue weighted by atomic mass is 10.0. The Hall–Kier alpha value is -4.02. The second-order valence-electron chi connectivity index (χ2n) is 10.9. The second-order valence-corrected chi connectivity index (χ2v) is 11.9. The van der Waals surface area contributed by atoms with Gasteiger partial charge in [0.25, 0.3) is 0 Å². The summed E-state index contributed by atoms with van der Waals surface area (Å²) < 4.78 is 38.8. The van der Waals surface area contributed by atoms with E-state index in [0.717, 1.165) is 37.3 Å². The number of alkyl halides is 3. The van der Waals surface area contributed by atoms with Gasteiger partial charge in [-0.25, -0.2) is 0 Å². The van der Waals surface area contributed by atoms with Crippen molar-refractivity contribution in [2.75, 3.05) is 26.2 Å². The molecule has 0 aliphatic carbocycles. The Morgan fingerprint density at radius 1 is 0.909 bits per heavy atom. The molecule has 1 N–H and O–H groups in total. The van der Waals surface area contributed by atoms with Crippen LogP contribution in [0.25, 0.3) is 6.08 Å². The number of amides is 2. The van der Waals surface area contributed by atoms with Gasteiger partial charge >= 0.3 is 6.18 Å². The molecular weight excluding hydrogens is 585 g/mol. The molecule has 0 saturated carbocycles. The molecule has 230 valence electrons. The topological polar surface area (TPSA) is 55.9 Å². The van der Waals surface area contributed by atoms with Crippen LogP contribution in [0, 0.1) is 0 Å². The summed E-state index contributed by atoms with van der Waals surface area (Å²) >= 11 is 1.39. The van der Waals surface area contributed by atoms with Crippen molar-refractivity contribution in [2.24, 2.45) is 0 Å². The van der Waals surface area contributed by atoms with Crippen LogP contribution in [0.3, 0.4) is 0 Å². The number of nitrogens with zero attached hydrogens (tertiary/aromatic N) is 3. The Labute approximate surface area is 260 Å². The van der Waals surface area contributed by atoms with Gasteiger partial charge in [-0.2, -0.15) is 13.2 Å². The van der Waals surface area contributed by atoms with Crippen LogP contribution in [0.1, 0.15) is 29.2 Å². The van der Waals surface area contributed by atoms with Gasteiger partial charge in [-0.15, -0.1) is 0 Å². The molecule has 2 aliphatic heterocycles. The molecule has 6 nitrogen and oxygen atoms in total. The first-order chi connectivity index (χ1) is 21.2. The molecule has 2 amide bonds. The predicted octanol–water partition coefficient (Wildman–Crippen LogP) is 5.98. The lowest BCUT2D eigenvalue weighted by Crippen LogP contribution is -2.57. The van der Waals surface area contributed by atoms with E-state index >= 15 is 0 Å². The van der Waals surface area contributed by atoms with E-state index in [-0.39, 0.29) is 11.8 Å². The van der Waals surface area contributed by atoms with E-state index in [1.54, 1.807) is 13.0 Å². The second kappa shape index (κ2) is 14.2. The summed E-state index contributed by atoms with van der Waals surface area (Å²) in [6.07, 6.45) is -0.550. The van der Waals surface area contributed by atoms with Crippen LogP contribution >= 0.6 is 11.8 Å². The number of benzene rings is 3. The summed E-state index contributed by atoms with van der Waals surface area (Å²) in [6, 6.07) is 24.3. The fourth-order valence-corrected chi connectivity index (χ4v) is 6.24. The molecule has 0 bridgehead atoms. The molecule has 0 radical (unpaired) electrons. The zero-order valence-electron chi connectivity index (χ0n) is 24.4. The Morgan fingerprint density at radius 2 is 1.52 bits per heavy atom. The van der Waals surface area contributed by atoms with Crippen molar-refractivity contribution in [3.05, 3.63) is 124 Å². The largest absolute Gasteiger partial charge is 0.416 e. The van der Waals surface area contributed by atoms with Crippen LogP contribution in [-0.2, 0) is 28.7 Å². The average Bonchev–Trinajstić information content (AvgIpc) is 3.48. The summed E-state index contributed by atoms with van der Waals surface area (Å²) in [5.74, 6) is -0.354. The Balaban J connectivity index is 1.26. The summed E-state index contributed by atoms with van der Waals surface area (Å²) in [5.41, 5.74) is 1.83. The summed E-state index contributed by atoms with van der Waals surface area (Å²) in [7, 11) is 0. The van der Waals surface area contributed by atoms with Gasteiger partial charge in [0.1, 0.15) is 6.04 Å². The summed E-state index contributed by atoms with van der Waals surface area (Å²) in [4.78, 5) is 33.4. The number of rotatable bonds is 9. The number of piperazine rings is 1. The molecule has 10 heteroatoms. The maximum atomic E-state index is 14.1. The number of carbonyl (C=O) groups excluding carboxylic acids is 2. The minimum atomic E-state index is -4.42. The molecule has 2 heterocycles. The average molecular weight is 621 g/mol. The highest BCUT2D eigenvalue weighted by atomic mass is 32.2. The van der Waals surface area contributed by atoms with Crippen molar-refractivity contribution in [1.29, 1.82) is 0 Å². The van der Waals surface area contributed by atoms with Gasteiger partial charge in [0.15, 0.2) is 5.50 Å². The Bertz CT molecular complexity index is 1470. The highest BCUT2D eigenvalue weighted by molar-refractivity contribution is 8.02. The zero-order valence-corrected chi connectivity index (χ0v) is 25.2. The standard InChI is InChI=1S/C34H35F3N4O2S/c1-25(22-27-12-14-29(15-13-27)34(35,36)37)31(42)38-33-41(20-21-44-33)30(23-26-8-4-2-5-9-26)32(43)40-18-16-39(17-19-40)24-28-10-6-3-7-11-28/h2-15,20-22,30,33H,16-19,23-24H2,1H3,(H,38,42)/t30-,33?/m0/s1. The number of halogens is 3. The SMILES string of the molecule is CC(=Cc1ccc(C(F)(F)F)cc1)C(=O)NC1SC=CN1[C@@H](Cc1ccccc1)C(=O)N1CCN(Cc2ccccc2)CC1. The van der Waals surface area contributed by atoms with Crippen LogP contribution in [-0.4, -0.2) is 64.2 Å². The molecule has 2 aliphatic rings. The third-order valence-corrected chi connectivity index (χ3v) is 8.69. The summed E-state index contributed by atoms with van der Waals surface area (Å²) in [6.45, 7) is 5.25. The number of thioether (sulfide) groups is 1. The molecule has 3 aromatic rings. The predicted molar refractivity (Wildman–Crippen MR) is 168 cm³/mol. The van der Waals surface area contributed by atoms with Crippen LogP contribution in [0.5, 0.6) is 0 Å². The van der Waals surface area contributed by atoms with Crippen LogP contribution in [0.2, 0.25) is 0 Å². The number of hydrogen-bond acceptors (Lipinski definition) is 5. The van der Waals surface area contributed by atoms with Crippen LogP contribution < -0.4 is 5.32 Å². The van der Waals surface area contributed by atoms with E-state index in [1.165, 1.54) is 29.5 Å². The third-order valence-electron chi connectivity index (χ3n) is 7.79. The molecule has 0 spiro atoms. The molecule has 2 atom stereocenters. The first kappa shape index (κ1) is 31.4. The molecule has 5 rings (SSSR count). The van der Waals surface area contributed by atoms with Crippen molar-refractivity contribution >= 4 is 29.7 Å². The Morgan fingerprint density at radius 3 is 2.14 bits per heavy atom. The monoisotopic (exact) mass is 620 g/mol. The quantitative estimate of drug-likeness (QED) is 0.298. The van der Waals surface area contributed by atoms with Crippen LogP contribution in [0.4, 0.5) is 13.2 Å². The molecular formula is C34H35F3N4O2S. The van der Waals surface area contributed by atoms with Gasteiger partial charge in [0.2, 0.25) is 11.8 Å². The first-order valence-corrected chi connectivity index (χ1v) is 15.5. The van der Waals surface area contributed by atoms with E-state index in [2.05, 4.69) is 22.3 Å². The fraction of sp³-hybridized carbons (Fsp3) is 0.294. The van der Waals surface area contributed by atoms with Gasteiger partial charge in [-0.05, 0) is 47.2 Å². The number of hydrogen-bond donors (Lipinski definition) is 1. The zero-order chi connectivity index (χ0) is 31.1. The molecule has 0 aromatic heterocycles. The van der Waals surface area contributed by atoms with E-state index in [1.807, 2.05) is 69.9 Å². The first-order valence-electron chi connectivity index (χ1n) is 14.5. The maximum absolute atomic E-state index is 14.1. The van der Waals surface area contributed by atoms with Gasteiger partial charge < -0.3 is 15.1 Å². The Kier molecular flexibility index (Phi) is 10.1. The highest BCUT2D eigenvalue weighted by Crippen LogP contribution is 2.30. The molecule has 1 fully saturated rings. The molecule has 1 unspecified atom stereocenters. The lowest BCUT2D eigenvalue weighted by Gasteiger charge is -2.40. The maximum Gasteiger partial charge on any atom is 0.416 e. The molecule has 44 heavy (non-hydrogen) atoms. The highest BCUT2D eigenvalue weighted by Gasteiger charge is 2.36. The number of nitrogens with one attached hydrogen (secondary N) is 1. The van der Waals surface area contributed by atoms with Crippen LogP contribution in [0.15, 0.2) is 102 Å².